The second-order valence-corrected chi connectivity index (χ2v) is 7.33. The summed E-state index contributed by atoms with van der Waals surface area (Å²) in [5, 5.41) is 0. The van der Waals surface area contributed by atoms with Crippen LogP contribution in [-0.4, -0.2) is 33.3 Å². The summed E-state index contributed by atoms with van der Waals surface area (Å²) in [6, 6.07) is 7.49. The van der Waals surface area contributed by atoms with E-state index in [1.165, 1.54) is 32.4 Å². The first-order valence-corrected chi connectivity index (χ1v) is 9.11. The van der Waals surface area contributed by atoms with Crippen LogP contribution >= 0.6 is 0 Å². The minimum absolute atomic E-state index is 0.503. The lowest BCUT2D eigenvalue weighted by Crippen LogP contribution is -2.36. The Kier molecular flexibility index (Phi) is 6.40. The van der Waals surface area contributed by atoms with Crippen LogP contribution in [0.25, 0.3) is 0 Å². The Morgan fingerprint density at radius 2 is 2.10 bits per heavy atom. The summed E-state index contributed by atoms with van der Waals surface area (Å²) >= 11 is -1.88. The lowest BCUT2D eigenvalue weighted by molar-refractivity contribution is 0.162. The van der Waals surface area contributed by atoms with E-state index in [0.29, 0.717) is 10.8 Å². The van der Waals surface area contributed by atoms with Gasteiger partial charge in [0.25, 0.3) is 0 Å². The van der Waals surface area contributed by atoms with E-state index in [2.05, 4.69) is 24.8 Å². The molecule has 1 saturated heterocycles. The largest absolute Gasteiger partial charge is 0.303 e. The maximum atomic E-state index is 11.1. The SMILES string of the molecule is CCC1CCN(CC(C)Cc2cccc(S(=O)O)c2)CC1. The highest BCUT2D eigenvalue weighted by atomic mass is 32.2. The van der Waals surface area contributed by atoms with E-state index < -0.39 is 11.1 Å². The van der Waals surface area contributed by atoms with E-state index in [1.807, 2.05) is 12.1 Å². The van der Waals surface area contributed by atoms with Gasteiger partial charge in [-0.2, -0.15) is 0 Å². The van der Waals surface area contributed by atoms with Gasteiger partial charge in [-0.05, 0) is 61.9 Å². The highest BCUT2D eigenvalue weighted by Gasteiger charge is 2.19. The van der Waals surface area contributed by atoms with Crippen LogP contribution in [0.2, 0.25) is 0 Å². The van der Waals surface area contributed by atoms with Crippen LogP contribution in [0.5, 0.6) is 0 Å². The van der Waals surface area contributed by atoms with Gasteiger partial charge in [0.2, 0.25) is 0 Å². The Morgan fingerprint density at radius 1 is 1.38 bits per heavy atom. The maximum Gasteiger partial charge on any atom is 0.186 e. The van der Waals surface area contributed by atoms with Crippen LogP contribution in [0.4, 0.5) is 0 Å². The van der Waals surface area contributed by atoms with Crippen molar-refractivity contribution in [1.82, 2.24) is 4.90 Å². The fourth-order valence-corrected chi connectivity index (χ4v) is 3.71. The quantitative estimate of drug-likeness (QED) is 0.817. The van der Waals surface area contributed by atoms with E-state index in [0.717, 1.165) is 24.4 Å². The summed E-state index contributed by atoms with van der Waals surface area (Å²) < 4.78 is 20.3. The molecule has 0 saturated carbocycles. The third kappa shape index (κ3) is 5.20. The van der Waals surface area contributed by atoms with Crippen LogP contribution < -0.4 is 0 Å². The molecule has 2 unspecified atom stereocenters. The molecule has 1 fully saturated rings. The Morgan fingerprint density at radius 3 is 2.71 bits per heavy atom. The summed E-state index contributed by atoms with van der Waals surface area (Å²) in [4.78, 5) is 3.08. The third-order valence-electron chi connectivity index (χ3n) is 4.54. The number of rotatable bonds is 6. The molecule has 1 heterocycles. The van der Waals surface area contributed by atoms with Crippen molar-refractivity contribution in [3.63, 3.8) is 0 Å². The highest BCUT2D eigenvalue weighted by Crippen LogP contribution is 2.21. The van der Waals surface area contributed by atoms with Gasteiger partial charge < -0.3 is 9.45 Å². The van der Waals surface area contributed by atoms with Gasteiger partial charge in [-0.3, -0.25) is 0 Å². The molecule has 1 aromatic rings. The number of piperidine rings is 1. The topological polar surface area (TPSA) is 40.5 Å². The van der Waals surface area contributed by atoms with Crippen LogP contribution in [-0.2, 0) is 17.5 Å². The molecule has 1 aliphatic rings. The van der Waals surface area contributed by atoms with Crippen LogP contribution in [0.3, 0.4) is 0 Å². The number of benzene rings is 1. The molecule has 118 valence electrons. The molecule has 3 nitrogen and oxygen atoms in total. The zero-order valence-electron chi connectivity index (χ0n) is 13.1. The molecule has 0 spiro atoms. The number of nitrogens with zero attached hydrogens (tertiary/aromatic N) is 1. The Balaban J connectivity index is 1.83. The number of hydrogen-bond acceptors (Lipinski definition) is 2. The van der Waals surface area contributed by atoms with Crippen LogP contribution in [0.1, 0.15) is 38.7 Å². The lowest BCUT2D eigenvalue weighted by atomic mass is 9.93. The normalized spacial score (nSPS) is 20.3. The first kappa shape index (κ1) is 16.7. The average Bonchev–Trinajstić information content (AvgIpc) is 2.48. The number of likely N-dealkylation sites (tertiary alicyclic amines) is 1. The molecular formula is C17H27NO2S. The summed E-state index contributed by atoms with van der Waals surface area (Å²) in [7, 11) is 0. The van der Waals surface area contributed by atoms with Crippen molar-refractivity contribution in [2.45, 2.75) is 44.4 Å². The molecule has 1 N–H and O–H groups in total. The highest BCUT2D eigenvalue weighted by molar-refractivity contribution is 7.79. The molecule has 0 aliphatic carbocycles. The van der Waals surface area contributed by atoms with E-state index in [4.69, 9.17) is 4.55 Å². The van der Waals surface area contributed by atoms with E-state index in [1.54, 1.807) is 6.07 Å². The maximum absolute atomic E-state index is 11.1. The zero-order valence-corrected chi connectivity index (χ0v) is 13.9. The van der Waals surface area contributed by atoms with E-state index in [9.17, 15) is 4.21 Å². The van der Waals surface area contributed by atoms with Crippen LogP contribution in [0.15, 0.2) is 29.2 Å². The standard InChI is InChI=1S/C17H27NO2S/c1-3-15-7-9-18(10-8-15)13-14(2)11-16-5-4-6-17(12-16)21(19)20/h4-6,12,14-15H,3,7-11,13H2,1-2H3,(H,19,20). The molecule has 1 aromatic carbocycles. The smallest absolute Gasteiger partial charge is 0.186 e. The molecule has 2 atom stereocenters. The van der Waals surface area contributed by atoms with Gasteiger partial charge in [0.05, 0.1) is 4.90 Å². The van der Waals surface area contributed by atoms with Crippen molar-refractivity contribution < 1.29 is 8.76 Å². The van der Waals surface area contributed by atoms with Gasteiger partial charge >= 0.3 is 0 Å². The van der Waals surface area contributed by atoms with Crippen molar-refractivity contribution >= 4 is 11.1 Å². The van der Waals surface area contributed by atoms with E-state index >= 15 is 0 Å². The Bertz CT molecular complexity index is 470. The average molecular weight is 309 g/mol. The number of hydrogen-bond donors (Lipinski definition) is 1. The predicted molar refractivity (Wildman–Crippen MR) is 87.8 cm³/mol. The van der Waals surface area contributed by atoms with Crippen molar-refractivity contribution in [3.05, 3.63) is 29.8 Å². The second kappa shape index (κ2) is 8.06. The molecule has 4 heteroatoms. The molecule has 0 radical (unpaired) electrons. The van der Waals surface area contributed by atoms with Gasteiger partial charge in [0, 0.05) is 6.54 Å². The van der Waals surface area contributed by atoms with Gasteiger partial charge in [0.1, 0.15) is 0 Å². The minimum Gasteiger partial charge on any atom is -0.303 e. The minimum atomic E-state index is -1.88. The molecule has 21 heavy (non-hydrogen) atoms. The molecule has 2 rings (SSSR count). The first-order chi connectivity index (χ1) is 10.1. The molecule has 0 bridgehead atoms. The van der Waals surface area contributed by atoms with Crippen LogP contribution in [0, 0.1) is 11.8 Å². The molecule has 0 aromatic heterocycles. The van der Waals surface area contributed by atoms with Crippen molar-refractivity contribution in [3.8, 4) is 0 Å². The summed E-state index contributed by atoms with van der Waals surface area (Å²) in [5.41, 5.74) is 1.16. The lowest BCUT2D eigenvalue weighted by Gasteiger charge is -2.33. The third-order valence-corrected chi connectivity index (χ3v) is 5.20. The van der Waals surface area contributed by atoms with Gasteiger partial charge in [-0.15, -0.1) is 0 Å². The summed E-state index contributed by atoms with van der Waals surface area (Å²) in [6.45, 7) is 8.14. The molecular weight excluding hydrogens is 282 g/mol. The van der Waals surface area contributed by atoms with Crippen molar-refractivity contribution in [2.24, 2.45) is 11.8 Å². The molecule has 1 aliphatic heterocycles. The van der Waals surface area contributed by atoms with Crippen molar-refractivity contribution in [1.29, 1.82) is 0 Å². The zero-order chi connectivity index (χ0) is 15.2. The van der Waals surface area contributed by atoms with E-state index in [-0.39, 0.29) is 0 Å². The summed E-state index contributed by atoms with van der Waals surface area (Å²) in [5.74, 6) is 1.50. The predicted octanol–water partition coefficient (Wildman–Crippen LogP) is 3.57. The van der Waals surface area contributed by atoms with Crippen molar-refractivity contribution in [2.75, 3.05) is 19.6 Å². The Labute approximate surface area is 131 Å². The monoisotopic (exact) mass is 309 g/mol. The van der Waals surface area contributed by atoms with Gasteiger partial charge in [0.15, 0.2) is 11.1 Å². The Hall–Kier alpha value is -0.710. The second-order valence-electron chi connectivity index (χ2n) is 6.36. The fourth-order valence-electron chi connectivity index (χ4n) is 3.27. The van der Waals surface area contributed by atoms with Gasteiger partial charge in [-0.25, -0.2) is 4.21 Å². The molecule has 0 amide bonds. The fraction of sp³-hybridized carbons (Fsp3) is 0.647. The summed E-state index contributed by atoms with van der Waals surface area (Å²) in [6.07, 6.45) is 4.96. The van der Waals surface area contributed by atoms with Gasteiger partial charge in [-0.1, -0.05) is 32.4 Å². The first-order valence-electron chi connectivity index (χ1n) is 8.00.